The minimum atomic E-state index is -0.316. The van der Waals surface area contributed by atoms with Crippen molar-refractivity contribution in [2.45, 2.75) is 13.0 Å². The van der Waals surface area contributed by atoms with Crippen LogP contribution in [-0.4, -0.2) is 25.4 Å². The number of aromatic nitrogens is 4. The van der Waals surface area contributed by atoms with Crippen molar-refractivity contribution in [3.63, 3.8) is 0 Å². The molecule has 1 atom stereocenters. The SMILES string of the molecule is C[C@H](Nc1nccc(-n2cnc3ccc(NC(=O)c4ccco4)cc32)n1)c1ccccc1. The molecule has 0 aliphatic heterocycles. The van der Waals surface area contributed by atoms with Gasteiger partial charge in [0.1, 0.15) is 12.1 Å². The van der Waals surface area contributed by atoms with Gasteiger partial charge in [-0.25, -0.2) is 9.97 Å². The van der Waals surface area contributed by atoms with Crippen molar-refractivity contribution in [2.75, 3.05) is 10.6 Å². The van der Waals surface area contributed by atoms with Crippen molar-refractivity contribution in [1.82, 2.24) is 19.5 Å². The summed E-state index contributed by atoms with van der Waals surface area (Å²) in [5, 5.41) is 6.18. The Bertz CT molecular complexity index is 1360. The molecule has 3 aromatic heterocycles. The summed E-state index contributed by atoms with van der Waals surface area (Å²) < 4.78 is 7.02. The van der Waals surface area contributed by atoms with Crippen molar-refractivity contribution in [1.29, 1.82) is 0 Å². The maximum absolute atomic E-state index is 12.3. The summed E-state index contributed by atoms with van der Waals surface area (Å²) in [6, 6.07) is 20.8. The highest BCUT2D eigenvalue weighted by molar-refractivity contribution is 6.03. The minimum Gasteiger partial charge on any atom is -0.459 e. The number of imidazole rings is 1. The van der Waals surface area contributed by atoms with E-state index in [4.69, 9.17) is 4.42 Å². The molecule has 1 amide bonds. The van der Waals surface area contributed by atoms with Crippen LogP contribution in [0.1, 0.15) is 29.1 Å². The molecule has 32 heavy (non-hydrogen) atoms. The molecule has 5 aromatic rings. The fourth-order valence-corrected chi connectivity index (χ4v) is 3.44. The van der Waals surface area contributed by atoms with Gasteiger partial charge in [-0.1, -0.05) is 30.3 Å². The molecule has 158 valence electrons. The number of furan rings is 1. The quantitative estimate of drug-likeness (QED) is 0.405. The van der Waals surface area contributed by atoms with Crippen LogP contribution in [0.2, 0.25) is 0 Å². The van der Waals surface area contributed by atoms with E-state index in [1.165, 1.54) is 6.26 Å². The van der Waals surface area contributed by atoms with Crippen LogP contribution in [0.15, 0.2) is 89.9 Å². The van der Waals surface area contributed by atoms with Crippen LogP contribution < -0.4 is 10.6 Å². The number of anilines is 2. The number of amides is 1. The van der Waals surface area contributed by atoms with Crippen LogP contribution >= 0.6 is 0 Å². The summed E-state index contributed by atoms with van der Waals surface area (Å²) in [5.74, 6) is 1.12. The highest BCUT2D eigenvalue weighted by atomic mass is 16.3. The van der Waals surface area contributed by atoms with Gasteiger partial charge in [0.2, 0.25) is 5.95 Å². The summed E-state index contributed by atoms with van der Waals surface area (Å²) in [5.41, 5.74) is 3.37. The third-order valence-corrected chi connectivity index (χ3v) is 5.08. The third kappa shape index (κ3) is 3.93. The molecular weight excluding hydrogens is 404 g/mol. The van der Waals surface area contributed by atoms with Gasteiger partial charge in [-0.05, 0) is 48.9 Å². The summed E-state index contributed by atoms with van der Waals surface area (Å²) in [7, 11) is 0. The first-order chi connectivity index (χ1) is 15.7. The molecular formula is C24H20N6O2. The molecule has 0 unspecified atom stereocenters. The number of rotatable bonds is 6. The first-order valence-electron chi connectivity index (χ1n) is 10.1. The Morgan fingerprint density at radius 1 is 1.03 bits per heavy atom. The van der Waals surface area contributed by atoms with Gasteiger partial charge >= 0.3 is 0 Å². The van der Waals surface area contributed by atoms with E-state index in [1.54, 1.807) is 30.7 Å². The third-order valence-electron chi connectivity index (χ3n) is 5.08. The molecule has 8 nitrogen and oxygen atoms in total. The summed E-state index contributed by atoms with van der Waals surface area (Å²) >= 11 is 0. The Balaban J connectivity index is 1.42. The second kappa shape index (κ2) is 8.35. The van der Waals surface area contributed by atoms with Gasteiger partial charge in [0.05, 0.1) is 23.3 Å². The van der Waals surface area contributed by atoms with Crippen LogP contribution in [0.4, 0.5) is 11.6 Å². The zero-order chi connectivity index (χ0) is 21.9. The molecule has 2 N–H and O–H groups in total. The van der Waals surface area contributed by atoms with Gasteiger partial charge in [0.25, 0.3) is 5.91 Å². The largest absolute Gasteiger partial charge is 0.459 e. The standard InChI is InChI=1S/C24H20N6O2/c1-16(17-6-3-2-4-7-17)27-24-25-12-11-22(29-24)30-15-26-19-10-9-18(14-20(19)30)28-23(31)21-8-5-13-32-21/h2-16H,1H3,(H,28,31)(H,25,27,29)/t16-/m0/s1. The smallest absolute Gasteiger partial charge is 0.291 e. The lowest BCUT2D eigenvalue weighted by atomic mass is 10.1. The molecule has 5 rings (SSSR count). The summed E-state index contributed by atoms with van der Waals surface area (Å²) in [6.45, 7) is 2.06. The molecule has 0 fully saturated rings. The van der Waals surface area contributed by atoms with Gasteiger partial charge in [-0.15, -0.1) is 0 Å². The monoisotopic (exact) mass is 424 g/mol. The van der Waals surface area contributed by atoms with E-state index in [2.05, 4.69) is 44.6 Å². The number of nitrogens with zero attached hydrogens (tertiary/aromatic N) is 4. The summed E-state index contributed by atoms with van der Waals surface area (Å²) in [4.78, 5) is 25.8. The lowest BCUT2D eigenvalue weighted by Crippen LogP contribution is -2.11. The molecule has 0 saturated carbocycles. The Kier molecular flexibility index (Phi) is 5.09. The molecule has 0 aliphatic carbocycles. The van der Waals surface area contributed by atoms with E-state index in [1.807, 2.05) is 41.0 Å². The maximum atomic E-state index is 12.3. The topological polar surface area (TPSA) is 97.9 Å². The number of carbonyl (C=O) groups excluding carboxylic acids is 1. The Morgan fingerprint density at radius 3 is 2.72 bits per heavy atom. The first kappa shape index (κ1) is 19.5. The van der Waals surface area contributed by atoms with Crippen LogP contribution in [0.5, 0.6) is 0 Å². The molecule has 8 heteroatoms. The van der Waals surface area contributed by atoms with Gasteiger partial charge in [0.15, 0.2) is 5.76 Å². The van der Waals surface area contributed by atoms with E-state index in [-0.39, 0.29) is 17.7 Å². The molecule has 3 heterocycles. The lowest BCUT2D eigenvalue weighted by Gasteiger charge is -2.14. The van der Waals surface area contributed by atoms with E-state index >= 15 is 0 Å². The fraction of sp³-hybridized carbons (Fsp3) is 0.0833. The van der Waals surface area contributed by atoms with Gasteiger partial charge in [-0.2, -0.15) is 4.98 Å². The van der Waals surface area contributed by atoms with Crippen LogP contribution in [0.25, 0.3) is 16.9 Å². The zero-order valence-electron chi connectivity index (χ0n) is 17.3. The van der Waals surface area contributed by atoms with Crippen molar-refractivity contribution < 1.29 is 9.21 Å². The van der Waals surface area contributed by atoms with Crippen LogP contribution in [0.3, 0.4) is 0 Å². The Morgan fingerprint density at radius 2 is 1.91 bits per heavy atom. The first-order valence-corrected chi connectivity index (χ1v) is 10.1. The number of fused-ring (bicyclic) bond motifs is 1. The van der Waals surface area contributed by atoms with E-state index in [9.17, 15) is 4.79 Å². The Hall–Kier alpha value is -4.46. The molecule has 0 saturated heterocycles. The van der Waals surface area contributed by atoms with Crippen LogP contribution in [-0.2, 0) is 0 Å². The number of hydrogen-bond donors (Lipinski definition) is 2. The number of hydrogen-bond acceptors (Lipinski definition) is 6. The maximum Gasteiger partial charge on any atom is 0.291 e. The lowest BCUT2D eigenvalue weighted by molar-refractivity contribution is 0.0996. The van der Waals surface area contributed by atoms with Gasteiger partial charge < -0.3 is 15.1 Å². The number of nitrogens with one attached hydrogen (secondary N) is 2. The number of benzene rings is 2. The Labute approximate surface area is 184 Å². The molecule has 0 radical (unpaired) electrons. The average Bonchev–Trinajstić information content (AvgIpc) is 3.50. The van der Waals surface area contributed by atoms with Gasteiger partial charge in [0, 0.05) is 11.9 Å². The summed E-state index contributed by atoms with van der Waals surface area (Å²) in [6.07, 6.45) is 4.87. The highest BCUT2D eigenvalue weighted by Crippen LogP contribution is 2.23. The normalized spacial score (nSPS) is 11.9. The average molecular weight is 424 g/mol. The zero-order valence-corrected chi connectivity index (χ0v) is 17.3. The molecule has 0 spiro atoms. The second-order valence-corrected chi connectivity index (χ2v) is 7.26. The van der Waals surface area contributed by atoms with Crippen molar-refractivity contribution in [3.05, 3.63) is 96.8 Å². The van der Waals surface area contributed by atoms with Crippen molar-refractivity contribution >= 4 is 28.6 Å². The van der Waals surface area contributed by atoms with Crippen molar-refractivity contribution in [2.24, 2.45) is 0 Å². The van der Waals surface area contributed by atoms with Gasteiger partial charge in [-0.3, -0.25) is 9.36 Å². The number of carbonyl (C=O) groups is 1. The molecule has 0 aliphatic rings. The molecule has 0 bridgehead atoms. The minimum absolute atomic E-state index is 0.0504. The van der Waals surface area contributed by atoms with E-state index in [0.717, 1.165) is 16.6 Å². The van der Waals surface area contributed by atoms with E-state index in [0.29, 0.717) is 17.5 Å². The highest BCUT2D eigenvalue weighted by Gasteiger charge is 2.13. The predicted molar refractivity (Wildman–Crippen MR) is 122 cm³/mol. The van der Waals surface area contributed by atoms with Crippen molar-refractivity contribution in [3.8, 4) is 5.82 Å². The fourth-order valence-electron chi connectivity index (χ4n) is 3.44. The predicted octanol–water partition coefficient (Wildman–Crippen LogP) is 4.83. The van der Waals surface area contributed by atoms with Crippen LogP contribution in [0, 0.1) is 0 Å². The molecule has 2 aromatic carbocycles. The second-order valence-electron chi connectivity index (χ2n) is 7.26. The van der Waals surface area contributed by atoms with E-state index < -0.39 is 0 Å².